The second-order valence-electron chi connectivity index (χ2n) is 6.68. The van der Waals surface area contributed by atoms with Crippen LogP contribution in [-0.4, -0.2) is 36.6 Å². The summed E-state index contributed by atoms with van der Waals surface area (Å²) in [6.07, 6.45) is 1.89. The fourth-order valence-corrected chi connectivity index (χ4v) is 4.16. The van der Waals surface area contributed by atoms with Crippen LogP contribution in [0.25, 0.3) is 10.9 Å². The van der Waals surface area contributed by atoms with Crippen molar-refractivity contribution >= 4 is 32.7 Å². The summed E-state index contributed by atoms with van der Waals surface area (Å²) in [5.41, 5.74) is 2.58. The molecule has 3 aromatic rings. The average molecular weight is 429 g/mol. The topological polar surface area (TPSA) is 54.6 Å². The smallest absolute Gasteiger partial charge is 0.270 e. The van der Waals surface area contributed by atoms with Crippen LogP contribution in [0.4, 0.5) is 0 Å². The minimum absolute atomic E-state index is 0.00324. The largest absolute Gasteiger partial charge is 0.497 e. The lowest BCUT2D eigenvalue weighted by molar-refractivity contribution is 0.0729. The van der Waals surface area contributed by atoms with Crippen LogP contribution >= 0.6 is 15.9 Å². The van der Waals surface area contributed by atoms with Gasteiger partial charge in [0.25, 0.3) is 5.91 Å². The summed E-state index contributed by atoms with van der Waals surface area (Å²) in [4.78, 5) is 18.4. The predicted molar refractivity (Wildman–Crippen MR) is 109 cm³/mol. The molecule has 0 spiro atoms. The van der Waals surface area contributed by atoms with Gasteiger partial charge in [-0.25, -0.2) is 0 Å². The monoisotopic (exact) mass is 428 g/mol. The second kappa shape index (κ2) is 7.27. The number of hydrogen-bond acceptors (Lipinski definition) is 3. The van der Waals surface area contributed by atoms with Crippen molar-refractivity contribution in [2.24, 2.45) is 0 Å². The minimum Gasteiger partial charge on any atom is -0.497 e. The number of aromatic nitrogens is 1. The van der Waals surface area contributed by atoms with Gasteiger partial charge in [0.15, 0.2) is 0 Å². The van der Waals surface area contributed by atoms with Crippen LogP contribution in [0.3, 0.4) is 0 Å². The molecule has 5 nitrogen and oxygen atoms in total. The molecule has 4 rings (SSSR count). The van der Waals surface area contributed by atoms with Crippen LogP contribution in [0.5, 0.6) is 11.5 Å². The number of nitrogens with zero attached hydrogens (tertiary/aromatic N) is 1. The molecule has 2 heterocycles. The molecule has 1 aliphatic heterocycles. The summed E-state index contributed by atoms with van der Waals surface area (Å²) in [5.74, 6) is 1.51. The first-order chi connectivity index (χ1) is 13.1. The van der Waals surface area contributed by atoms with Gasteiger partial charge in [0.1, 0.15) is 17.2 Å². The summed E-state index contributed by atoms with van der Waals surface area (Å²) in [5, 5.41) is 1.03. The third-order valence-corrected chi connectivity index (χ3v) is 5.62. The number of H-pyrrole nitrogens is 1. The molecule has 0 saturated carbocycles. The lowest BCUT2D eigenvalue weighted by Crippen LogP contribution is -2.31. The highest BCUT2D eigenvalue weighted by Crippen LogP contribution is 2.39. The second-order valence-corrected chi connectivity index (χ2v) is 7.59. The van der Waals surface area contributed by atoms with E-state index in [2.05, 4.69) is 20.9 Å². The summed E-state index contributed by atoms with van der Waals surface area (Å²) in [6, 6.07) is 13.7. The van der Waals surface area contributed by atoms with Gasteiger partial charge < -0.3 is 19.4 Å². The molecule has 1 atom stereocenters. The number of nitrogens with one attached hydrogen (secondary N) is 1. The van der Waals surface area contributed by atoms with E-state index in [4.69, 9.17) is 9.47 Å². The SMILES string of the molecule is COc1ccc(C2CCCN2C(=O)c2cc3ccc(Br)cc3[nH]2)c(OC)c1. The van der Waals surface area contributed by atoms with Crippen molar-refractivity contribution in [2.75, 3.05) is 20.8 Å². The number of methoxy groups -OCH3 is 2. The zero-order chi connectivity index (χ0) is 19.0. The zero-order valence-corrected chi connectivity index (χ0v) is 16.9. The third kappa shape index (κ3) is 3.30. The van der Waals surface area contributed by atoms with Crippen LogP contribution < -0.4 is 9.47 Å². The first-order valence-electron chi connectivity index (χ1n) is 8.92. The Kier molecular flexibility index (Phi) is 4.83. The molecular formula is C21H21BrN2O3. The van der Waals surface area contributed by atoms with E-state index in [-0.39, 0.29) is 11.9 Å². The molecule has 1 amide bonds. The van der Waals surface area contributed by atoms with Gasteiger partial charge in [-0.3, -0.25) is 4.79 Å². The van der Waals surface area contributed by atoms with Crippen LogP contribution in [0, 0.1) is 0 Å². The molecule has 2 aromatic carbocycles. The van der Waals surface area contributed by atoms with E-state index >= 15 is 0 Å². The number of amides is 1. The maximum Gasteiger partial charge on any atom is 0.270 e. The lowest BCUT2D eigenvalue weighted by atomic mass is 10.0. The Hall–Kier alpha value is -2.47. The van der Waals surface area contributed by atoms with Gasteiger partial charge in [-0.05, 0) is 43.2 Å². The van der Waals surface area contributed by atoms with Crippen molar-refractivity contribution in [1.29, 1.82) is 0 Å². The van der Waals surface area contributed by atoms with E-state index in [0.717, 1.165) is 51.8 Å². The fraction of sp³-hybridized carbons (Fsp3) is 0.286. The van der Waals surface area contributed by atoms with E-state index in [9.17, 15) is 4.79 Å². The normalized spacial score (nSPS) is 16.7. The molecule has 1 aliphatic rings. The third-order valence-electron chi connectivity index (χ3n) is 5.13. The molecule has 1 unspecified atom stereocenters. The van der Waals surface area contributed by atoms with Gasteiger partial charge in [-0.15, -0.1) is 0 Å². The van der Waals surface area contributed by atoms with Crippen LogP contribution in [0.1, 0.15) is 34.9 Å². The molecule has 0 radical (unpaired) electrons. The Bertz CT molecular complexity index is 998. The standard InChI is InChI=1S/C21H21BrN2O3/c1-26-15-7-8-16(20(12-15)27-2)19-4-3-9-24(19)21(25)18-10-13-5-6-14(22)11-17(13)23-18/h5-8,10-12,19,23H,3-4,9H2,1-2H3. The summed E-state index contributed by atoms with van der Waals surface area (Å²) < 4.78 is 11.8. The Morgan fingerprint density at radius 3 is 2.78 bits per heavy atom. The molecule has 0 bridgehead atoms. The quantitative estimate of drug-likeness (QED) is 0.640. The van der Waals surface area contributed by atoms with E-state index < -0.39 is 0 Å². The van der Waals surface area contributed by atoms with Gasteiger partial charge in [0.05, 0.1) is 20.3 Å². The molecule has 1 saturated heterocycles. The molecule has 1 fully saturated rings. The van der Waals surface area contributed by atoms with Crippen molar-refractivity contribution in [3.05, 3.63) is 58.2 Å². The van der Waals surface area contributed by atoms with Crippen molar-refractivity contribution in [3.8, 4) is 11.5 Å². The molecule has 27 heavy (non-hydrogen) atoms. The number of aromatic amines is 1. The van der Waals surface area contributed by atoms with Gasteiger partial charge in [0.2, 0.25) is 0 Å². The first-order valence-corrected chi connectivity index (χ1v) is 9.71. The molecule has 1 aromatic heterocycles. The highest BCUT2D eigenvalue weighted by molar-refractivity contribution is 9.10. The van der Waals surface area contributed by atoms with Crippen molar-refractivity contribution < 1.29 is 14.3 Å². The summed E-state index contributed by atoms with van der Waals surface area (Å²) >= 11 is 3.47. The van der Waals surface area contributed by atoms with Gasteiger partial charge in [-0.1, -0.05) is 22.0 Å². The number of rotatable bonds is 4. The summed E-state index contributed by atoms with van der Waals surface area (Å²) in [7, 11) is 3.28. The molecule has 0 aliphatic carbocycles. The van der Waals surface area contributed by atoms with Gasteiger partial charge in [-0.2, -0.15) is 0 Å². The molecule has 6 heteroatoms. The predicted octanol–water partition coefficient (Wildman–Crippen LogP) is 4.92. The first kappa shape index (κ1) is 17.9. The molecule has 140 valence electrons. The Balaban J connectivity index is 1.67. The Morgan fingerprint density at radius 1 is 1.15 bits per heavy atom. The van der Waals surface area contributed by atoms with E-state index in [1.54, 1.807) is 14.2 Å². The number of hydrogen-bond donors (Lipinski definition) is 1. The highest BCUT2D eigenvalue weighted by Gasteiger charge is 2.33. The van der Waals surface area contributed by atoms with E-state index in [1.807, 2.05) is 47.4 Å². The zero-order valence-electron chi connectivity index (χ0n) is 15.3. The number of benzene rings is 2. The molecular weight excluding hydrogens is 408 g/mol. The molecule has 1 N–H and O–H groups in total. The van der Waals surface area contributed by atoms with Crippen molar-refractivity contribution in [3.63, 3.8) is 0 Å². The summed E-state index contributed by atoms with van der Waals surface area (Å²) in [6.45, 7) is 0.734. The maximum atomic E-state index is 13.2. The van der Waals surface area contributed by atoms with Crippen LogP contribution in [-0.2, 0) is 0 Å². The van der Waals surface area contributed by atoms with E-state index in [0.29, 0.717) is 5.69 Å². The van der Waals surface area contributed by atoms with E-state index in [1.165, 1.54) is 0 Å². The number of ether oxygens (including phenoxy) is 2. The maximum absolute atomic E-state index is 13.2. The average Bonchev–Trinajstić information content (AvgIpc) is 3.33. The van der Waals surface area contributed by atoms with Gasteiger partial charge in [0, 0.05) is 33.6 Å². The van der Waals surface area contributed by atoms with Gasteiger partial charge >= 0.3 is 0 Å². The number of fused-ring (bicyclic) bond motifs is 1. The van der Waals surface area contributed by atoms with Crippen molar-refractivity contribution in [1.82, 2.24) is 9.88 Å². The number of likely N-dealkylation sites (tertiary alicyclic amines) is 1. The Morgan fingerprint density at radius 2 is 2.00 bits per heavy atom. The lowest BCUT2D eigenvalue weighted by Gasteiger charge is -2.26. The number of carbonyl (C=O) groups is 1. The number of carbonyl (C=O) groups excluding carboxylic acids is 1. The highest BCUT2D eigenvalue weighted by atomic mass is 79.9. The Labute approximate surface area is 166 Å². The van der Waals surface area contributed by atoms with Crippen LogP contribution in [0.2, 0.25) is 0 Å². The fourth-order valence-electron chi connectivity index (χ4n) is 3.80. The minimum atomic E-state index is -0.00324. The van der Waals surface area contributed by atoms with Crippen molar-refractivity contribution in [2.45, 2.75) is 18.9 Å². The van der Waals surface area contributed by atoms with Crippen LogP contribution in [0.15, 0.2) is 46.9 Å². The number of halogens is 1.